The minimum Gasteiger partial charge on any atom is -0.379 e. The summed E-state index contributed by atoms with van der Waals surface area (Å²) >= 11 is 1.56. The quantitative estimate of drug-likeness (QED) is 0.457. The van der Waals surface area contributed by atoms with Gasteiger partial charge in [0, 0.05) is 30.1 Å². The summed E-state index contributed by atoms with van der Waals surface area (Å²) in [4.78, 5) is 21.3. The van der Waals surface area contributed by atoms with E-state index in [4.69, 9.17) is 9.72 Å². The summed E-state index contributed by atoms with van der Waals surface area (Å²) < 4.78 is 5.49. The van der Waals surface area contributed by atoms with Gasteiger partial charge in [-0.1, -0.05) is 84.1 Å². The highest BCUT2D eigenvalue weighted by Crippen LogP contribution is 2.32. The fourth-order valence-corrected chi connectivity index (χ4v) is 5.12. The second-order valence-electron chi connectivity index (χ2n) is 7.91. The molecule has 32 heavy (non-hydrogen) atoms. The van der Waals surface area contributed by atoms with Gasteiger partial charge in [0.15, 0.2) is 5.13 Å². The van der Waals surface area contributed by atoms with Crippen LogP contribution < -0.4 is 5.32 Å². The molecule has 4 aromatic rings. The lowest BCUT2D eigenvalue weighted by Crippen LogP contribution is -2.35. The molecule has 0 saturated carbocycles. The molecule has 5 rings (SSSR count). The van der Waals surface area contributed by atoms with Crippen LogP contribution in [0.2, 0.25) is 0 Å². The van der Waals surface area contributed by atoms with Gasteiger partial charge >= 0.3 is 0 Å². The predicted octanol–water partition coefficient (Wildman–Crippen LogP) is 4.98. The van der Waals surface area contributed by atoms with Gasteiger partial charge in [-0.05, 0) is 16.3 Å². The Bertz CT molecular complexity index is 1210. The number of carbonyl (C=O) groups is 1. The number of aromatic nitrogens is 1. The Morgan fingerprint density at radius 3 is 2.56 bits per heavy atom. The normalized spacial score (nSPS) is 14.5. The molecule has 0 unspecified atom stereocenters. The Labute approximate surface area is 191 Å². The lowest BCUT2D eigenvalue weighted by molar-refractivity contribution is -0.115. The van der Waals surface area contributed by atoms with Gasteiger partial charge in [0.1, 0.15) is 0 Å². The Balaban J connectivity index is 1.37. The van der Waals surface area contributed by atoms with E-state index in [2.05, 4.69) is 40.5 Å². The molecule has 1 N–H and O–H groups in total. The maximum atomic E-state index is 12.9. The van der Waals surface area contributed by atoms with Gasteiger partial charge in [-0.25, -0.2) is 4.98 Å². The summed E-state index contributed by atoms with van der Waals surface area (Å²) in [6, 6.07) is 24.4. The maximum Gasteiger partial charge on any atom is 0.230 e. The van der Waals surface area contributed by atoms with Crippen LogP contribution in [0.3, 0.4) is 0 Å². The number of rotatable bonds is 6. The number of morpholine rings is 1. The summed E-state index contributed by atoms with van der Waals surface area (Å²) in [5, 5.41) is 5.96. The molecule has 1 aromatic heterocycles. The van der Waals surface area contributed by atoms with Gasteiger partial charge in [-0.3, -0.25) is 9.69 Å². The highest BCUT2D eigenvalue weighted by atomic mass is 32.1. The summed E-state index contributed by atoms with van der Waals surface area (Å²) in [7, 11) is 0. The molecule has 5 nitrogen and oxygen atoms in total. The number of anilines is 1. The van der Waals surface area contributed by atoms with Crippen molar-refractivity contribution in [1.82, 2.24) is 9.88 Å². The number of nitrogens with one attached hydrogen (secondary N) is 1. The largest absolute Gasteiger partial charge is 0.379 e. The first kappa shape index (κ1) is 20.8. The van der Waals surface area contributed by atoms with E-state index in [1.807, 2.05) is 42.5 Å². The number of ether oxygens (including phenoxy) is 1. The lowest BCUT2D eigenvalue weighted by Gasteiger charge is -2.26. The molecule has 1 aliphatic heterocycles. The smallest absolute Gasteiger partial charge is 0.230 e. The Morgan fingerprint density at radius 2 is 1.72 bits per heavy atom. The van der Waals surface area contributed by atoms with E-state index < -0.39 is 0 Å². The molecule has 2 heterocycles. The van der Waals surface area contributed by atoms with Gasteiger partial charge < -0.3 is 10.1 Å². The first-order chi connectivity index (χ1) is 15.8. The van der Waals surface area contributed by atoms with E-state index in [1.54, 1.807) is 11.3 Å². The third kappa shape index (κ3) is 4.72. The molecule has 6 heteroatoms. The Hall–Kier alpha value is -3.06. The van der Waals surface area contributed by atoms with Crippen LogP contribution in [0.25, 0.3) is 22.0 Å². The first-order valence-corrected chi connectivity index (χ1v) is 11.7. The van der Waals surface area contributed by atoms with Crippen molar-refractivity contribution in [2.45, 2.75) is 13.0 Å². The zero-order valence-corrected chi connectivity index (χ0v) is 18.6. The fraction of sp³-hybridized carbons (Fsp3) is 0.231. The van der Waals surface area contributed by atoms with Gasteiger partial charge in [0.25, 0.3) is 0 Å². The van der Waals surface area contributed by atoms with Crippen molar-refractivity contribution in [3.63, 3.8) is 0 Å². The monoisotopic (exact) mass is 443 g/mol. The summed E-state index contributed by atoms with van der Waals surface area (Å²) in [5.41, 5.74) is 3.04. The summed E-state index contributed by atoms with van der Waals surface area (Å²) in [5.74, 6) is -0.0485. The fourth-order valence-electron chi connectivity index (χ4n) is 4.08. The van der Waals surface area contributed by atoms with Crippen molar-refractivity contribution in [3.05, 3.63) is 83.2 Å². The van der Waals surface area contributed by atoms with Crippen LogP contribution in [0.15, 0.2) is 72.8 Å². The average molecular weight is 444 g/mol. The molecule has 1 saturated heterocycles. The third-order valence-electron chi connectivity index (χ3n) is 5.69. The van der Waals surface area contributed by atoms with Gasteiger partial charge in [0.05, 0.1) is 25.3 Å². The van der Waals surface area contributed by atoms with Crippen molar-refractivity contribution in [2.75, 3.05) is 31.6 Å². The van der Waals surface area contributed by atoms with Crippen LogP contribution in [0, 0.1) is 0 Å². The van der Waals surface area contributed by atoms with Gasteiger partial charge in [0.2, 0.25) is 5.91 Å². The molecule has 1 aliphatic rings. The highest BCUT2D eigenvalue weighted by Gasteiger charge is 2.19. The minimum atomic E-state index is -0.0485. The number of hydrogen-bond acceptors (Lipinski definition) is 5. The summed E-state index contributed by atoms with van der Waals surface area (Å²) in [6.45, 7) is 4.15. The van der Waals surface area contributed by atoms with E-state index in [1.165, 1.54) is 4.88 Å². The molecule has 1 fully saturated rings. The molecule has 0 spiro atoms. The van der Waals surface area contributed by atoms with E-state index in [0.29, 0.717) is 11.6 Å². The highest BCUT2D eigenvalue weighted by molar-refractivity contribution is 7.16. The van der Waals surface area contributed by atoms with Crippen molar-refractivity contribution in [1.29, 1.82) is 0 Å². The number of carbonyl (C=O) groups excluding carboxylic acids is 1. The number of thiazole rings is 1. The number of hydrogen-bond donors (Lipinski definition) is 1. The van der Waals surface area contributed by atoms with Crippen molar-refractivity contribution in [3.8, 4) is 11.3 Å². The number of benzene rings is 3. The molecular weight excluding hydrogens is 418 g/mol. The first-order valence-electron chi connectivity index (χ1n) is 10.9. The van der Waals surface area contributed by atoms with E-state index in [-0.39, 0.29) is 5.91 Å². The molecule has 162 valence electrons. The molecule has 0 atom stereocenters. The Morgan fingerprint density at radius 1 is 0.969 bits per heavy atom. The van der Waals surface area contributed by atoms with Crippen molar-refractivity contribution >= 4 is 33.1 Å². The minimum absolute atomic E-state index is 0.0485. The number of amides is 1. The number of nitrogens with zero attached hydrogens (tertiary/aromatic N) is 2. The molecule has 0 aliphatic carbocycles. The summed E-state index contributed by atoms with van der Waals surface area (Å²) in [6.07, 6.45) is 0.320. The molecular formula is C26H25N3O2S. The number of fused-ring (bicyclic) bond motifs is 1. The predicted molar refractivity (Wildman–Crippen MR) is 130 cm³/mol. The third-order valence-corrected chi connectivity index (χ3v) is 6.65. The van der Waals surface area contributed by atoms with Crippen LogP contribution in [-0.4, -0.2) is 42.1 Å². The maximum absolute atomic E-state index is 12.9. The Kier molecular flexibility index (Phi) is 6.25. The molecule has 0 bridgehead atoms. The van der Waals surface area contributed by atoms with Crippen LogP contribution in [0.5, 0.6) is 0 Å². The van der Waals surface area contributed by atoms with Crippen molar-refractivity contribution in [2.24, 2.45) is 0 Å². The second kappa shape index (κ2) is 9.61. The van der Waals surface area contributed by atoms with Gasteiger partial charge in [-0.2, -0.15) is 0 Å². The van der Waals surface area contributed by atoms with Crippen LogP contribution in [-0.2, 0) is 22.5 Å². The van der Waals surface area contributed by atoms with E-state index >= 15 is 0 Å². The van der Waals surface area contributed by atoms with Crippen molar-refractivity contribution < 1.29 is 9.53 Å². The van der Waals surface area contributed by atoms with Crippen LogP contribution in [0.1, 0.15) is 10.4 Å². The zero-order chi connectivity index (χ0) is 21.8. The second-order valence-corrected chi connectivity index (χ2v) is 8.99. The molecule has 3 aromatic carbocycles. The molecule has 1 amide bonds. The average Bonchev–Trinajstić information content (AvgIpc) is 3.22. The lowest BCUT2D eigenvalue weighted by atomic mass is 10.0. The SMILES string of the molecule is O=C(Cc1cccc2ccccc12)Nc1nc(-c2ccccc2)c(CN2CCOCC2)s1. The van der Waals surface area contributed by atoms with Gasteiger partial charge in [-0.15, -0.1) is 0 Å². The topological polar surface area (TPSA) is 54.5 Å². The van der Waals surface area contributed by atoms with Crippen LogP contribution in [0.4, 0.5) is 5.13 Å². The standard InChI is InChI=1S/C26H25N3O2S/c30-24(17-21-11-6-10-19-7-4-5-12-22(19)21)27-26-28-25(20-8-2-1-3-9-20)23(32-26)18-29-13-15-31-16-14-29/h1-12H,13-18H2,(H,27,28,30). The van der Waals surface area contributed by atoms with E-state index in [0.717, 1.165) is 60.4 Å². The van der Waals surface area contributed by atoms with E-state index in [9.17, 15) is 4.79 Å². The van der Waals surface area contributed by atoms with Crippen LogP contribution >= 0.6 is 11.3 Å². The zero-order valence-electron chi connectivity index (χ0n) is 17.8. The molecule has 0 radical (unpaired) electrons.